The zero-order chi connectivity index (χ0) is 13.3. The highest BCUT2D eigenvalue weighted by Gasteiger charge is 2.34. The first kappa shape index (κ1) is 14.0. The molecule has 17 heavy (non-hydrogen) atoms. The molecule has 1 nitrogen and oxygen atoms in total. The Morgan fingerprint density at radius 3 is 2.24 bits per heavy atom. The smallest absolute Gasteiger partial charge is 0.314 e. The predicted octanol–water partition coefficient (Wildman–Crippen LogP) is 3.39. The highest BCUT2D eigenvalue weighted by Crippen LogP contribution is 2.32. The van der Waals surface area contributed by atoms with Gasteiger partial charge < -0.3 is 5.32 Å². The summed E-state index contributed by atoms with van der Waals surface area (Å²) < 4.78 is 50.5. The van der Waals surface area contributed by atoms with Crippen molar-refractivity contribution < 1.29 is 17.6 Å². The van der Waals surface area contributed by atoms with E-state index in [0.717, 1.165) is 12.1 Å². The van der Waals surface area contributed by atoms with E-state index in [-0.39, 0.29) is 5.54 Å². The molecule has 5 heteroatoms. The number of alkyl halides is 3. The van der Waals surface area contributed by atoms with E-state index in [9.17, 15) is 17.6 Å². The van der Waals surface area contributed by atoms with Crippen molar-refractivity contribution in [3.63, 3.8) is 0 Å². The molecule has 1 aromatic carbocycles. The monoisotopic (exact) mass is 249 g/mol. The van der Waals surface area contributed by atoms with E-state index in [1.54, 1.807) is 7.05 Å². The number of nitrogens with one attached hydrogen (secondary N) is 1. The molecule has 0 aliphatic carbocycles. The molecule has 0 heterocycles. The van der Waals surface area contributed by atoms with Gasteiger partial charge in [-0.05, 0) is 45.0 Å². The normalized spacial score (nSPS) is 12.9. The van der Waals surface area contributed by atoms with Crippen molar-refractivity contribution in [2.24, 2.45) is 0 Å². The summed E-state index contributed by atoms with van der Waals surface area (Å²) in [5.41, 5.74) is -1.08. The zero-order valence-corrected chi connectivity index (χ0v) is 9.95. The summed E-state index contributed by atoms with van der Waals surface area (Å²) in [5, 5.41) is 2.99. The third kappa shape index (κ3) is 3.70. The Labute approximate surface area is 97.8 Å². The van der Waals surface area contributed by atoms with Crippen LogP contribution in [0.4, 0.5) is 17.6 Å². The van der Waals surface area contributed by atoms with Gasteiger partial charge in [0.1, 0.15) is 5.82 Å². The van der Waals surface area contributed by atoms with Gasteiger partial charge in [0.15, 0.2) is 0 Å². The Balaban J connectivity index is 3.06. The number of benzene rings is 1. The molecule has 0 aliphatic rings. The number of rotatable bonds is 3. The van der Waals surface area contributed by atoms with Crippen LogP contribution < -0.4 is 5.32 Å². The third-order valence-electron chi connectivity index (χ3n) is 2.66. The second-order valence-corrected chi connectivity index (χ2v) is 4.62. The average Bonchev–Trinajstić information content (AvgIpc) is 2.19. The number of halogens is 4. The number of hydrogen-bond donors (Lipinski definition) is 1. The SMILES string of the molecule is CNC(C)(C)Cc1ccc(F)c(C(F)(F)F)c1. The van der Waals surface area contributed by atoms with E-state index in [1.807, 2.05) is 13.8 Å². The van der Waals surface area contributed by atoms with Gasteiger partial charge in [0, 0.05) is 5.54 Å². The summed E-state index contributed by atoms with van der Waals surface area (Å²) in [6, 6.07) is 3.11. The minimum absolute atomic E-state index is 0.333. The van der Waals surface area contributed by atoms with Crippen molar-refractivity contribution in [2.45, 2.75) is 32.0 Å². The lowest BCUT2D eigenvalue weighted by molar-refractivity contribution is -0.140. The van der Waals surface area contributed by atoms with Crippen molar-refractivity contribution in [3.8, 4) is 0 Å². The quantitative estimate of drug-likeness (QED) is 0.810. The van der Waals surface area contributed by atoms with Gasteiger partial charge in [-0.25, -0.2) is 4.39 Å². The second-order valence-electron chi connectivity index (χ2n) is 4.62. The molecule has 0 fully saturated rings. The summed E-state index contributed by atoms with van der Waals surface area (Å²) in [5.74, 6) is -1.23. The molecule has 0 aromatic heterocycles. The van der Waals surface area contributed by atoms with Crippen LogP contribution in [0.5, 0.6) is 0 Å². The molecule has 0 aliphatic heterocycles. The van der Waals surface area contributed by atoms with Gasteiger partial charge in [0.25, 0.3) is 0 Å². The lowest BCUT2D eigenvalue weighted by Crippen LogP contribution is -2.38. The van der Waals surface area contributed by atoms with Crippen LogP contribution >= 0.6 is 0 Å². The lowest BCUT2D eigenvalue weighted by Gasteiger charge is -2.24. The molecule has 0 saturated heterocycles. The average molecular weight is 249 g/mol. The maximum Gasteiger partial charge on any atom is 0.419 e. The molecular formula is C12H15F4N. The highest BCUT2D eigenvalue weighted by atomic mass is 19.4. The standard InChI is InChI=1S/C12H15F4N/c1-11(2,17-3)7-8-4-5-10(13)9(6-8)12(14,15)16/h4-6,17H,7H2,1-3H3. The van der Waals surface area contributed by atoms with Gasteiger partial charge in [0.05, 0.1) is 5.56 Å². The molecule has 0 atom stereocenters. The lowest BCUT2D eigenvalue weighted by atomic mass is 9.94. The number of hydrogen-bond acceptors (Lipinski definition) is 1. The molecule has 0 saturated carbocycles. The summed E-state index contributed by atoms with van der Waals surface area (Å²) in [4.78, 5) is 0. The maximum atomic E-state index is 13.0. The topological polar surface area (TPSA) is 12.0 Å². The Bertz CT molecular complexity index is 396. The summed E-state index contributed by atoms with van der Waals surface area (Å²) >= 11 is 0. The molecule has 96 valence electrons. The first-order valence-electron chi connectivity index (χ1n) is 5.20. The van der Waals surface area contributed by atoms with Crippen LogP contribution in [-0.2, 0) is 12.6 Å². The molecule has 1 aromatic rings. The van der Waals surface area contributed by atoms with Crippen molar-refractivity contribution >= 4 is 0 Å². The van der Waals surface area contributed by atoms with Crippen LogP contribution in [0, 0.1) is 5.82 Å². The van der Waals surface area contributed by atoms with Gasteiger partial charge in [-0.2, -0.15) is 13.2 Å². The minimum atomic E-state index is -4.65. The van der Waals surface area contributed by atoms with Crippen molar-refractivity contribution in [3.05, 3.63) is 35.1 Å². The molecular weight excluding hydrogens is 234 g/mol. The Morgan fingerprint density at radius 2 is 1.76 bits per heavy atom. The van der Waals surface area contributed by atoms with Crippen LogP contribution in [0.3, 0.4) is 0 Å². The summed E-state index contributed by atoms with van der Waals surface area (Å²) in [7, 11) is 1.73. The third-order valence-corrected chi connectivity index (χ3v) is 2.66. The van der Waals surface area contributed by atoms with Crippen molar-refractivity contribution in [1.82, 2.24) is 5.32 Å². The van der Waals surface area contributed by atoms with E-state index in [2.05, 4.69) is 5.32 Å². The van der Waals surface area contributed by atoms with Crippen LogP contribution in [0.1, 0.15) is 25.0 Å². The van der Waals surface area contributed by atoms with E-state index in [4.69, 9.17) is 0 Å². The van der Waals surface area contributed by atoms with E-state index in [0.29, 0.717) is 12.0 Å². The Hall–Kier alpha value is -1.10. The molecule has 0 spiro atoms. The molecule has 0 radical (unpaired) electrons. The minimum Gasteiger partial charge on any atom is -0.314 e. The predicted molar refractivity (Wildman–Crippen MR) is 58.2 cm³/mol. The van der Waals surface area contributed by atoms with Crippen LogP contribution in [-0.4, -0.2) is 12.6 Å². The van der Waals surface area contributed by atoms with E-state index in [1.165, 1.54) is 6.07 Å². The fraction of sp³-hybridized carbons (Fsp3) is 0.500. The van der Waals surface area contributed by atoms with Gasteiger partial charge in [-0.1, -0.05) is 6.07 Å². The Morgan fingerprint density at radius 1 is 1.18 bits per heavy atom. The maximum absolute atomic E-state index is 13.0. The van der Waals surface area contributed by atoms with E-state index >= 15 is 0 Å². The molecule has 0 amide bonds. The fourth-order valence-corrected chi connectivity index (χ4v) is 1.50. The van der Waals surface area contributed by atoms with Crippen LogP contribution in [0.2, 0.25) is 0 Å². The van der Waals surface area contributed by atoms with Gasteiger partial charge >= 0.3 is 6.18 Å². The first-order chi connectivity index (χ1) is 7.65. The molecule has 0 bridgehead atoms. The summed E-state index contributed by atoms with van der Waals surface area (Å²) in [6.45, 7) is 3.73. The molecule has 1 N–H and O–H groups in total. The van der Waals surface area contributed by atoms with Gasteiger partial charge in [0.2, 0.25) is 0 Å². The fourth-order valence-electron chi connectivity index (χ4n) is 1.50. The van der Waals surface area contributed by atoms with Gasteiger partial charge in [-0.3, -0.25) is 0 Å². The second kappa shape index (κ2) is 4.64. The summed E-state index contributed by atoms with van der Waals surface area (Å²) in [6.07, 6.45) is -4.25. The number of likely N-dealkylation sites (N-methyl/N-ethyl adjacent to an activating group) is 1. The Kier molecular flexibility index (Phi) is 3.81. The van der Waals surface area contributed by atoms with Crippen molar-refractivity contribution in [1.29, 1.82) is 0 Å². The van der Waals surface area contributed by atoms with Crippen LogP contribution in [0.15, 0.2) is 18.2 Å². The largest absolute Gasteiger partial charge is 0.419 e. The van der Waals surface area contributed by atoms with Crippen LogP contribution in [0.25, 0.3) is 0 Å². The zero-order valence-electron chi connectivity index (χ0n) is 9.95. The van der Waals surface area contributed by atoms with Crippen molar-refractivity contribution in [2.75, 3.05) is 7.05 Å². The molecule has 1 rings (SSSR count). The molecule has 0 unspecified atom stereocenters. The highest BCUT2D eigenvalue weighted by molar-refractivity contribution is 5.28. The van der Waals surface area contributed by atoms with E-state index < -0.39 is 17.6 Å². The van der Waals surface area contributed by atoms with Gasteiger partial charge in [-0.15, -0.1) is 0 Å². The first-order valence-corrected chi connectivity index (χ1v) is 5.20.